The number of pyridine rings is 1. The fourth-order valence-corrected chi connectivity index (χ4v) is 3.39. The van der Waals surface area contributed by atoms with E-state index in [0.29, 0.717) is 40.6 Å². The summed E-state index contributed by atoms with van der Waals surface area (Å²) in [5, 5.41) is 11.3. The predicted octanol–water partition coefficient (Wildman–Crippen LogP) is 5.24. The second kappa shape index (κ2) is 9.34. The van der Waals surface area contributed by atoms with Crippen molar-refractivity contribution in [3.63, 3.8) is 0 Å². The number of nitrogens with one attached hydrogen (secondary N) is 2. The van der Waals surface area contributed by atoms with Gasteiger partial charge in [-0.05, 0) is 29.2 Å². The third-order valence-electron chi connectivity index (χ3n) is 4.84. The molecule has 164 valence electrons. The van der Waals surface area contributed by atoms with Gasteiger partial charge in [0.05, 0.1) is 11.3 Å². The van der Waals surface area contributed by atoms with Crippen molar-refractivity contribution < 1.29 is 13.9 Å². The molecule has 0 aliphatic carbocycles. The van der Waals surface area contributed by atoms with E-state index in [9.17, 15) is 9.18 Å². The maximum atomic E-state index is 13.8. The molecule has 7 nitrogen and oxygen atoms in total. The topological polar surface area (TPSA) is 106 Å². The molecule has 0 fully saturated rings. The Balaban J connectivity index is 1.90. The molecule has 0 radical (unpaired) electrons. The fraction of sp³-hybridized carbons (Fsp3) is 0.318. The Morgan fingerprint density at radius 3 is 2.58 bits per heavy atom. The molecule has 0 bridgehead atoms. The molecule has 0 aliphatic rings. The van der Waals surface area contributed by atoms with Gasteiger partial charge in [-0.1, -0.05) is 44.5 Å². The predicted molar refractivity (Wildman–Crippen MR) is 119 cm³/mol. The largest absolute Gasteiger partial charge is 0.446 e. The van der Waals surface area contributed by atoms with Crippen LogP contribution in [0.4, 0.5) is 15.0 Å². The fourth-order valence-electron chi connectivity index (χ4n) is 3.26. The Bertz CT molecular complexity index is 1050. The zero-order valence-electron chi connectivity index (χ0n) is 17.6. The average molecular weight is 446 g/mol. The molecule has 0 aliphatic heterocycles. The summed E-state index contributed by atoms with van der Waals surface area (Å²) >= 11 is 6.01. The van der Waals surface area contributed by atoms with E-state index in [1.54, 1.807) is 18.2 Å². The van der Waals surface area contributed by atoms with Crippen LogP contribution in [-0.2, 0) is 4.74 Å². The van der Waals surface area contributed by atoms with Crippen molar-refractivity contribution in [1.82, 2.24) is 15.2 Å². The number of carbonyl (C=O) groups is 1. The number of nitrogens with two attached hydrogens (primary N) is 1. The monoisotopic (exact) mass is 445 g/mol. The maximum absolute atomic E-state index is 13.8. The van der Waals surface area contributed by atoms with Crippen LogP contribution in [0.2, 0.25) is 5.02 Å². The molecule has 3 aromatic rings. The van der Waals surface area contributed by atoms with Gasteiger partial charge in [0.15, 0.2) is 5.82 Å². The number of hydrogen-bond donors (Lipinski definition) is 3. The van der Waals surface area contributed by atoms with Crippen LogP contribution < -0.4 is 11.1 Å². The molecular formula is C22H25ClFN5O2. The van der Waals surface area contributed by atoms with Gasteiger partial charge in [-0.2, -0.15) is 9.49 Å². The van der Waals surface area contributed by atoms with E-state index in [4.69, 9.17) is 22.1 Å². The van der Waals surface area contributed by atoms with Crippen LogP contribution in [0.1, 0.15) is 27.2 Å². The van der Waals surface area contributed by atoms with E-state index in [0.717, 1.165) is 5.56 Å². The highest BCUT2D eigenvalue weighted by molar-refractivity contribution is 6.30. The molecule has 1 atom stereocenters. The van der Waals surface area contributed by atoms with Gasteiger partial charge in [0.25, 0.3) is 0 Å². The summed E-state index contributed by atoms with van der Waals surface area (Å²) in [4.78, 5) is 14.9. The Kier molecular flexibility index (Phi) is 6.80. The first-order valence-electron chi connectivity index (χ1n) is 9.81. The summed E-state index contributed by atoms with van der Waals surface area (Å²) in [7, 11) is 0. The van der Waals surface area contributed by atoms with Gasteiger partial charge in [0.1, 0.15) is 6.10 Å². The number of H-pyrrole nitrogens is 1. The molecule has 0 spiro atoms. The van der Waals surface area contributed by atoms with E-state index >= 15 is 0 Å². The number of primary amides is 1. The number of halogens is 2. The van der Waals surface area contributed by atoms with Crippen molar-refractivity contribution in [2.45, 2.75) is 33.3 Å². The van der Waals surface area contributed by atoms with Crippen LogP contribution in [0.3, 0.4) is 0 Å². The van der Waals surface area contributed by atoms with Gasteiger partial charge in [-0.3, -0.25) is 5.10 Å². The minimum Gasteiger partial charge on any atom is -0.446 e. The minimum absolute atomic E-state index is 0.284. The number of hydrogen-bond acceptors (Lipinski definition) is 5. The molecule has 1 unspecified atom stereocenters. The van der Waals surface area contributed by atoms with Gasteiger partial charge in [0.2, 0.25) is 5.95 Å². The molecular weight excluding hydrogens is 421 g/mol. The quantitative estimate of drug-likeness (QED) is 0.431. The second-order valence-corrected chi connectivity index (χ2v) is 8.64. The summed E-state index contributed by atoms with van der Waals surface area (Å²) in [5.41, 5.74) is 7.81. The van der Waals surface area contributed by atoms with Crippen molar-refractivity contribution in [3.8, 4) is 22.4 Å². The molecule has 2 aromatic heterocycles. The Hall–Kier alpha value is -3.13. The number of carbonyl (C=O) groups excluding carboxylic acids is 1. The summed E-state index contributed by atoms with van der Waals surface area (Å²) in [5.74, 6) is -0.0448. The standard InChI is InChI=1S/C22H25ClFN5O2/c1-22(2,3)16(31-21(25)30)9-11-27-20-18(14-8-10-26-17(24)12-14)19(28-29-20)13-4-6-15(23)7-5-13/h4-8,10,12,16H,9,11H2,1-3H3,(H2,25,30)(H2,27,28,29). The molecule has 2 heterocycles. The first-order valence-corrected chi connectivity index (χ1v) is 10.2. The Morgan fingerprint density at radius 1 is 1.26 bits per heavy atom. The lowest BCUT2D eigenvalue weighted by atomic mass is 9.87. The average Bonchev–Trinajstić information content (AvgIpc) is 3.10. The van der Waals surface area contributed by atoms with Crippen LogP contribution >= 0.6 is 11.6 Å². The number of rotatable bonds is 7. The Labute approximate surface area is 185 Å². The smallest absolute Gasteiger partial charge is 0.404 e. The summed E-state index contributed by atoms with van der Waals surface area (Å²) in [6, 6.07) is 10.3. The normalized spacial score (nSPS) is 12.4. The molecule has 9 heteroatoms. The third kappa shape index (κ3) is 5.73. The summed E-state index contributed by atoms with van der Waals surface area (Å²) < 4.78 is 19.1. The molecule has 1 aromatic carbocycles. The molecule has 1 amide bonds. The number of aromatic amines is 1. The molecule has 0 saturated carbocycles. The second-order valence-electron chi connectivity index (χ2n) is 8.20. The number of ether oxygens (including phenoxy) is 1. The van der Waals surface area contributed by atoms with Crippen LogP contribution in [0.25, 0.3) is 22.4 Å². The van der Waals surface area contributed by atoms with E-state index in [-0.39, 0.29) is 11.5 Å². The highest BCUT2D eigenvalue weighted by Gasteiger charge is 2.27. The van der Waals surface area contributed by atoms with Crippen LogP contribution in [-0.4, -0.2) is 33.9 Å². The van der Waals surface area contributed by atoms with Crippen molar-refractivity contribution in [1.29, 1.82) is 0 Å². The van der Waals surface area contributed by atoms with E-state index in [1.165, 1.54) is 12.3 Å². The third-order valence-corrected chi connectivity index (χ3v) is 5.09. The highest BCUT2D eigenvalue weighted by Crippen LogP contribution is 2.36. The summed E-state index contributed by atoms with van der Waals surface area (Å²) in [6.45, 7) is 6.37. The highest BCUT2D eigenvalue weighted by atomic mass is 35.5. The maximum Gasteiger partial charge on any atom is 0.404 e. The van der Waals surface area contributed by atoms with Gasteiger partial charge in [-0.15, -0.1) is 0 Å². The number of amides is 1. The number of nitrogens with zero attached hydrogens (tertiary/aromatic N) is 2. The molecule has 31 heavy (non-hydrogen) atoms. The zero-order valence-corrected chi connectivity index (χ0v) is 18.3. The first kappa shape index (κ1) is 22.6. The van der Waals surface area contributed by atoms with Crippen molar-refractivity contribution in [2.75, 3.05) is 11.9 Å². The van der Waals surface area contributed by atoms with Gasteiger partial charge < -0.3 is 15.8 Å². The number of anilines is 1. The SMILES string of the molecule is CC(C)(C)C(CCNc1n[nH]c(-c2ccc(Cl)cc2)c1-c1ccnc(F)c1)OC(N)=O. The first-order chi connectivity index (χ1) is 14.6. The van der Waals surface area contributed by atoms with Crippen molar-refractivity contribution in [3.05, 3.63) is 53.6 Å². The summed E-state index contributed by atoms with van der Waals surface area (Å²) in [6.07, 6.45) is 0.732. The molecule has 4 N–H and O–H groups in total. The van der Waals surface area contributed by atoms with E-state index in [2.05, 4.69) is 20.5 Å². The molecule has 0 saturated heterocycles. The van der Waals surface area contributed by atoms with Crippen molar-refractivity contribution >= 4 is 23.5 Å². The minimum atomic E-state index is -0.808. The lowest BCUT2D eigenvalue weighted by Gasteiger charge is -2.29. The van der Waals surface area contributed by atoms with Gasteiger partial charge in [-0.25, -0.2) is 9.78 Å². The van der Waals surface area contributed by atoms with Crippen LogP contribution in [0.15, 0.2) is 42.6 Å². The van der Waals surface area contributed by atoms with E-state index < -0.39 is 12.0 Å². The van der Waals surface area contributed by atoms with Crippen LogP contribution in [0.5, 0.6) is 0 Å². The number of aromatic nitrogens is 3. The van der Waals surface area contributed by atoms with Gasteiger partial charge >= 0.3 is 6.09 Å². The van der Waals surface area contributed by atoms with E-state index in [1.807, 2.05) is 32.9 Å². The lowest BCUT2D eigenvalue weighted by Crippen LogP contribution is -2.35. The lowest BCUT2D eigenvalue weighted by molar-refractivity contribution is 0.0337. The van der Waals surface area contributed by atoms with Crippen molar-refractivity contribution in [2.24, 2.45) is 11.1 Å². The Morgan fingerprint density at radius 2 is 1.97 bits per heavy atom. The van der Waals surface area contributed by atoms with Gasteiger partial charge in [0, 0.05) is 35.8 Å². The number of benzene rings is 1. The molecule has 3 rings (SSSR count). The zero-order chi connectivity index (χ0) is 22.6. The van der Waals surface area contributed by atoms with Crippen LogP contribution in [0, 0.1) is 11.4 Å².